The van der Waals surface area contributed by atoms with Crippen LogP contribution in [0.2, 0.25) is 0 Å². The average molecular weight is 364 g/mol. The van der Waals surface area contributed by atoms with Gasteiger partial charge in [0.1, 0.15) is 11.5 Å². The lowest BCUT2D eigenvalue weighted by Crippen LogP contribution is -2.14. The smallest absolute Gasteiger partial charge is 0.303 e. The molecule has 2 aromatic carbocycles. The highest BCUT2D eigenvalue weighted by Gasteiger charge is 2.10. The average Bonchev–Trinajstić information content (AvgIpc) is 2.67. The number of aryl methyl sites for hydroxylation is 1. The molecule has 2 N–H and O–H groups in total. The summed E-state index contributed by atoms with van der Waals surface area (Å²) in [4.78, 5) is 27.5. The van der Waals surface area contributed by atoms with E-state index in [-0.39, 0.29) is 23.8 Å². The zero-order valence-corrected chi connectivity index (χ0v) is 14.4. The Morgan fingerprint density at radius 1 is 1.00 bits per heavy atom. The molecule has 27 heavy (non-hydrogen) atoms. The number of hydrogen-bond acceptors (Lipinski definition) is 3. The number of carboxylic acid groups (broad SMARTS) is 1. The molecule has 3 aromatic rings. The summed E-state index contributed by atoms with van der Waals surface area (Å²) in [6.45, 7) is 0. The third-order valence-electron chi connectivity index (χ3n) is 3.93. The summed E-state index contributed by atoms with van der Waals surface area (Å²) in [5, 5.41) is 11.5. The number of halogens is 1. The Kier molecular flexibility index (Phi) is 5.56. The van der Waals surface area contributed by atoms with E-state index in [1.54, 1.807) is 48.5 Å². The number of anilines is 1. The van der Waals surface area contributed by atoms with Gasteiger partial charge in [0.15, 0.2) is 0 Å². The fraction of sp³-hybridized carbons (Fsp3) is 0.0952. The van der Waals surface area contributed by atoms with Crippen molar-refractivity contribution in [2.75, 3.05) is 5.32 Å². The molecule has 1 amide bonds. The van der Waals surface area contributed by atoms with Crippen LogP contribution in [0.25, 0.3) is 11.3 Å². The van der Waals surface area contributed by atoms with Crippen LogP contribution in [0.1, 0.15) is 22.5 Å². The first-order valence-electron chi connectivity index (χ1n) is 8.36. The number of amides is 1. The van der Waals surface area contributed by atoms with Crippen molar-refractivity contribution in [2.45, 2.75) is 12.8 Å². The third kappa shape index (κ3) is 4.98. The van der Waals surface area contributed by atoms with Crippen LogP contribution in [-0.2, 0) is 11.2 Å². The second-order valence-corrected chi connectivity index (χ2v) is 5.96. The van der Waals surface area contributed by atoms with Crippen LogP contribution < -0.4 is 5.32 Å². The van der Waals surface area contributed by atoms with E-state index in [1.807, 2.05) is 6.07 Å². The Morgan fingerprint density at radius 3 is 2.48 bits per heavy atom. The largest absolute Gasteiger partial charge is 0.481 e. The summed E-state index contributed by atoms with van der Waals surface area (Å²) in [5.41, 5.74) is 2.90. The van der Waals surface area contributed by atoms with E-state index in [2.05, 4.69) is 10.3 Å². The summed E-state index contributed by atoms with van der Waals surface area (Å²) in [5.74, 6) is -1.59. The molecule has 0 aliphatic carbocycles. The number of carbonyl (C=O) groups excluding carboxylic acids is 1. The standard InChI is InChI=1S/C21H17FN2O3/c22-16-10-8-15(9-11-16)18-5-2-6-19(24-18)21(27)23-17-4-1-3-14(13-17)7-12-20(25)26/h1-6,8-11,13H,7,12H2,(H,23,27)(H,25,26). The molecular formula is C21H17FN2O3. The van der Waals surface area contributed by atoms with Gasteiger partial charge >= 0.3 is 5.97 Å². The molecule has 6 heteroatoms. The zero-order chi connectivity index (χ0) is 19.2. The van der Waals surface area contributed by atoms with Crippen molar-refractivity contribution >= 4 is 17.6 Å². The Balaban J connectivity index is 1.75. The first kappa shape index (κ1) is 18.3. The lowest BCUT2D eigenvalue weighted by molar-refractivity contribution is -0.136. The number of aromatic nitrogens is 1. The van der Waals surface area contributed by atoms with Crippen molar-refractivity contribution in [3.05, 3.63) is 83.8 Å². The molecule has 0 atom stereocenters. The Hall–Kier alpha value is -3.54. The van der Waals surface area contributed by atoms with Crippen LogP contribution in [-0.4, -0.2) is 22.0 Å². The van der Waals surface area contributed by atoms with Gasteiger partial charge in [0.05, 0.1) is 5.69 Å². The molecule has 0 fully saturated rings. The molecule has 0 bridgehead atoms. The number of benzene rings is 2. The minimum atomic E-state index is -0.869. The van der Waals surface area contributed by atoms with Gasteiger partial charge in [0.25, 0.3) is 5.91 Å². The second kappa shape index (κ2) is 8.23. The highest BCUT2D eigenvalue weighted by atomic mass is 19.1. The van der Waals surface area contributed by atoms with Crippen molar-refractivity contribution < 1.29 is 19.1 Å². The number of pyridine rings is 1. The van der Waals surface area contributed by atoms with Crippen LogP contribution >= 0.6 is 0 Å². The minimum absolute atomic E-state index is 0.0265. The third-order valence-corrected chi connectivity index (χ3v) is 3.93. The molecule has 0 unspecified atom stereocenters. The van der Waals surface area contributed by atoms with Crippen molar-refractivity contribution in [1.82, 2.24) is 4.98 Å². The Bertz CT molecular complexity index is 971. The van der Waals surface area contributed by atoms with E-state index in [0.717, 1.165) is 5.56 Å². The van der Waals surface area contributed by atoms with E-state index < -0.39 is 5.97 Å². The van der Waals surface area contributed by atoms with Crippen LogP contribution in [0.5, 0.6) is 0 Å². The first-order valence-corrected chi connectivity index (χ1v) is 8.36. The minimum Gasteiger partial charge on any atom is -0.481 e. The summed E-state index contributed by atoms with van der Waals surface area (Å²) in [6, 6.07) is 18.0. The molecule has 5 nitrogen and oxygen atoms in total. The molecule has 3 rings (SSSR count). The molecule has 0 spiro atoms. The Morgan fingerprint density at radius 2 is 1.74 bits per heavy atom. The number of carboxylic acids is 1. The number of rotatable bonds is 6. The number of aliphatic carboxylic acids is 1. The first-order chi connectivity index (χ1) is 13.0. The summed E-state index contributed by atoms with van der Waals surface area (Å²) < 4.78 is 13.1. The highest BCUT2D eigenvalue weighted by Crippen LogP contribution is 2.19. The molecule has 136 valence electrons. The van der Waals surface area contributed by atoms with Gasteiger partial charge in [-0.2, -0.15) is 0 Å². The van der Waals surface area contributed by atoms with E-state index in [1.165, 1.54) is 12.1 Å². The molecule has 0 aliphatic rings. The number of nitrogens with one attached hydrogen (secondary N) is 1. The van der Waals surface area contributed by atoms with E-state index in [0.29, 0.717) is 23.4 Å². The van der Waals surface area contributed by atoms with Crippen LogP contribution in [0, 0.1) is 5.82 Å². The molecule has 0 saturated heterocycles. The molecule has 1 heterocycles. The van der Waals surface area contributed by atoms with Crippen LogP contribution in [0.3, 0.4) is 0 Å². The monoisotopic (exact) mass is 364 g/mol. The zero-order valence-electron chi connectivity index (χ0n) is 14.4. The van der Waals surface area contributed by atoms with E-state index in [4.69, 9.17) is 5.11 Å². The van der Waals surface area contributed by atoms with Gasteiger partial charge in [-0.3, -0.25) is 9.59 Å². The maximum Gasteiger partial charge on any atom is 0.303 e. The predicted molar refractivity (Wildman–Crippen MR) is 100.0 cm³/mol. The lowest BCUT2D eigenvalue weighted by Gasteiger charge is -2.08. The fourth-order valence-electron chi connectivity index (χ4n) is 2.59. The summed E-state index contributed by atoms with van der Waals surface area (Å²) >= 11 is 0. The molecule has 1 aromatic heterocycles. The van der Waals surface area contributed by atoms with E-state index >= 15 is 0 Å². The highest BCUT2D eigenvalue weighted by molar-refractivity contribution is 6.03. The fourth-order valence-corrected chi connectivity index (χ4v) is 2.59. The molecule has 0 saturated carbocycles. The molecule has 0 aliphatic heterocycles. The van der Waals surface area contributed by atoms with Gasteiger partial charge in [-0.1, -0.05) is 18.2 Å². The predicted octanol–water partition coefficient (Wildman–Crippen LogP) is 4.16. The van der Waals surface area contributed by atoms with Gasteiger partial charge in [-0.25, -0.2) is 9.37 Å². The topological polar surface area (TPSA) is 79.3 Å². The van der Waals surface area contributed by atoms with Crippen molar-refractivity contribution in [3.8, 4) is 11.3 Å². The van der Waals surface area contributed by atoms with Gasteiger partial charge < -0.3 is 10.4 Å². The maximum atomic E-state index is 13.1. The summed E-state index contributed by atoms with van der Waals surface area (Å²) in [7, 11) is 0. The van der Waals surface area contributed by atoms with Gasteiger partial charge in [-0.05, 0) is 60.5 Å². The molecule has 0 radical (unpaired) electrons. The Labute approximate surface area is 155 Å². The van der Waals surface area contributed by atoms with Gasteiger partial charge in [0, 0.05) is 17.7 Å². The van der Waals surface area contributed by atoms with Crippen molar-refractivity contribution in [1.29, 1.82) is 0 Å². The normalized spacial score (nSPS) is 10.4. The number of hydrogen-bond donors (Lipinski definition) is 2. The van der Waals surface area contributed by atoms with Gasteiger partial charge in [-0.15, -0.1) is 0 Å². The van der Waals surface area contributed by atoms with Crippen LogP contribution in [0.4, 0.5) is 10.1 Å². The lowest BCUT2D eigenvalue weighted by atomic mass is 10.1. The number of nitrogens with zero attached hydrogens (tertiary/aromatic N) is 1. The van der Waals surface area contributed by atoms with Crippen LogP contribution in [0.15, 0.2) is 66.7 Å². The number of carbonyl (C=O) groups is 2. The molecular weight excluding hydrogens is 347 g/mol. The van der Waals surface area contributed by atoms with Gasteiger partial charge in [0.2, 0.25) is 0 Å². The maximum absolute atomic E-state index is 13.1. The van der Waals surface area contributed by atoms with Crippen molar-refractivity contribution in [3.63, 3.8) is 0 Å². The summed E-state index contributed by atoms with van der Waals surface area (Å²) in [6.07, 6.45) is 0.413. The van der Waals surface area contributed by atoms with E-state index in [9.17, 15) is 14.0 Å². The second-order valence-electron chi connectivity index (χ2n) is 5.96. The quantitative estimate of drug-likeness (QED) is 0.688. The SMILES string of the molecule is O=C(O)CCc1cccc(NC(=O)c2cccc(-c3ccc(F)cc3)n2)c1. The van der Waals surface area contributed by atoms with Crippen molar-refractivity contribution in [2.24, 2.45) is 0 Å².